The van der Waals surface area contributed by atoms with Crippen molar-refractivity contribution in [3.63, 3.8) is 0 Å². The molecular weight excluding hydrogens is 368 g/mol. The van der Waals surface area contributed by atoms with Gasteiger partial charge in [-0.15, -0.1) is 0 Å². The van der Waals surface area contributed by atoms with Gasteiger partial charge in [-0.05, 0) is 51.0 Å². The summed E-state index contributed by atoms with van der Waals surface area (Å²) in [6.45, 7) is 7.48. The summed E-state index contributed by atoms with van der Waals surface area (Å²) in [5.41, 5.74) is 3.26. The fraction of sp³-hybridized carbons (Fsp3) is 0.304. The largest absolute Gasteiger partial charge is 0.490 e. The first-order chi connectivity index (χ1) is 14.1. The highest BCUT2D eigenvalue weighted by Gasteiger charge is 2.18. The first-order valence-electron chi connectivity index (χ1n) is 9.79. The van der Waals surface area contributed by atoms with Gasteiger partial charge in [0.05, 0.1) is 13.2 Å². The van der Waals surface area contributed by atoms with Gasteiger partial charge in [0.25, 0.3) is 5.91 Å². The Labute approximate surface area is 170 Å². The summed E-state index contributed by atoms with van der Waals surface area (Å²) in [5.74, 6) is 1.67. The predicted octanol–water partition coefficient (Wildman–Crippen LogP) is 4.42. The first kappa shape index (κ1) is 20.5. The number of ether oxygens (including phenoxy) is 2. The van der Waals surface area contributed by atoms with Crippen LogP contribution < -0.4 is 14.8 Å². The summed E-state index contributed by atoms with van der Waals surface area (Å²) in [6, 6.07) is 13.6. The summed E-state index contributed by atoms with van der Waals surface area (Å²) < 4.78 is 16.7. The summed E-state index contributed by atoms with van der Waals surface area (Å²) >= 11 is 0. The molecule has 0 aliphatic carbocycles. The predicted molar refractivity (Wildman–Crippen MR) is 111 cm³/mol. The number of benzene rings is 2. The third-order valence-corrected chi connectivity index (χ3v) is 4.37. The van der Waals surface area contributed by atoms with Gasteiger partial charge in [-0.2, -0.15) is 0 Å². The van der Waals surface area contributed by atoms with Crippen molar-refractivity contribution in [2.45, 2.75) is 27.2 Å². The fourth-order valence-electron chi connectivity index (χ4n) is 3.05. The van der Waals surface area contributed by atoms with Crippen molar-refractivity contribution in [3.05, 3.63) is 65.7 Å². The molecule has 1 amide bonds. The Morgan fingerprint density at radius 2 is 1.86 bits per heavy atom. The van der Waals surface area contributed by atoms with E-state index in [1.807, 2.05) is 63.2 Å². The Balaban J connectivity index is 1.64. The van der Waals surface area contributed by atoms with Crippen LogP contribution in [0.2, 0.25) is 0 Å². The number of hydrogen-bond acceptors (Lipinski definition) is 5. The van der Waals surface area contributed by atoms with Gasteiger partial charge in [0.15, 0.2) is 29.3 Å². The highest BCUT2D eigenvalue weighted by Crippen LogP contribution is 2.28. The minimum Gasteiger partial charge on any atom is -0.490 e. The Bertz CT molecular complexity index is 965. The molecule has 0 unspecified atom stereocenters. The van der Waals surface area contributed by atoms with Gasteiger partial charge < -0.3 is 19.2 Å². The van der Waals surface area contributed by atoms with Crippen LogP contribution in [0.25, 0.3) is 11.3 Å². The third-order valence-electron chi connectivity index (χ3n) is 4.37. The second kappa shape index (κ2) is 9.78. The van der Waals surface area contributed by atoms with Crippen LogP contribution in [-0.2, 0) is 6.42 Å². The van der Waals surface area contributed by atoms with Crippen molar-refractivity contribution in [1.82, 2.24) is 10.3 Å². The van der Waals surface area contributed by atoms with Crippen LogP contribution in [0.3, 0.4) is 0 Å². The summed E-state index contributed by atoms with van der Waals surface area (Å²) in [4.78, 5) is 16.7. The highest BCUT2D eigenvalue weighted by atomic mass is 16.5. The lowest BCUT2D eigenvalue weighted by Gasteiger charge is -2.12. The van der Waals surface area contributed by atoms with E-state index < -0.39 is 0 Å². The summed E-state index contributed by atoms with van der Waals surface area (Å²) in [6.07, 6.45) is 1.96. The van der Waals surface area contributed by atoms with Crippen LogP contribution >= 0.6 is 0 Å². The quantitative estimate of drug-likeness (QED) is 0.582. The molecule has 3 aromatic rings. The fourth-order valence-corrected chi connectivity index (χ4v) is 3.05. The molecule has 1 aromatic heterocycles. The van der Waals surface area contributed by atoms with E-state index in [-0.39, 0.29) is 11.6 Å². The Hall–Kier alpha value is -3.28. The van der Waals surface area contributed by atoms with Crippen molar-refractivity contribution >= 4 is 5.91 Å². The lowest BCUT2D eigenvalue weighted by atomic mass is 10.1. The molecule has 2 aromatic carbocycles. The number of carbonyl (C=O) groups excluding carboxylic acids is 1. The molecule has 1 heterocycles. The van der Waals surface area contributed by atoms with Crippen molar-refractivity contribution in [3.8, 4) is 22.8 Å². The molecule has 152 valence electrons. The van der Waals surface area contributed by atoms with Crippen molar-refractivity contribution < 1.29 is 18.7 Å². The number of rotatable bonds is 9. The SMILES string of the molecule is CCOc1ccc(CCNC(=O)c2ncoc2-c2cccc(C)c2)cc1OCC. The Morgan fingerprint density at radius 3 is 2.62 bits per heavy atom. The van der Waals surface area contributed by atoms with Crippen molar-refractivity contribution in [2.24, 2.45) is 0 Å². The number of aromatic nitrogens is 1. The molecular formula is C23H26N2O4. The van der Waals surface area contributed by atoms with Gasteiger partial charge in [0.1, 0.15) is 0 Å². The zero-order valence-electron chi connectivity index (χ0n) is 17.0. The number of carbonyl (C=O) groups is 1. The van der Waals surface area contributed by atoms with Gasteiger partial charge in [0.2, 0.25) is 0 Å². The number of nitrogens with zero attached hydrogens (tertiary/aromatic N) is 1. The average Bonchev–Trinajstić information content (AvgIpc) is 3.20. The van der Waals surface area contributed by atoms with Gasteiger partial charge in [-0.3, -0.25) is 4.79 Å². The van der Waals surface area contributed by atoms with Crippen LogP contribution in [0, 0.1) is 6.92 Å². The highest BCUT2D eigenvalue weighted by molar-refractivity contribution is 5.97. The summed E-state index contributed by atoms with van der Waals surface area (Å²) in [7, 11) is 0. The van der Waals surface area contributed by atoms with E-state index in [4.69, 9.17) is 13.9 Å². The molecule has 0 saturated heterocycles. The third kappa shape index (κ3) is 5.16. The molecule has 29 heavy (non-hydrogen) atoms. The van der Waals surface area contributed by atoms with Crippen molar-refractivity contribution in [2.75, 3.05) is 19.8 Å². The number of oxazole rings is 1. The maximum absolute atomic E-state index is 12.6. The zero-order chi connectivity index (χ0) is 20.6. The van der Waals surface area contributed by atoms with Gasteiger partial charge in [0, 0.05) is 12.1 Å². The zero-order valence-corrected chi connectivity index (χ0v) is 17.0. The van der Waals surface area contributed by atoms with Gasteiger partial charge in [-0.1, -0.05) is 29.8 Å². The maximum atomic E-state index is 12.6. The maximum Gasteiger partial charge on any atom is 0.273 e. The number of amides is 1. The Morgan fingerprint density at radius 1 is 1.07 bits per heavy atom. The molecule has 0 fully saturated rings. The van der Waals surface area contributed by atoms with E-state index in [1.54, 1.807) is 0 Å². The van der Waals surface area contributed by atoms with Crippen LogP contribution in [0.4, 0.5) is 0 Å². The monoisotopic (exact) mass is 394 g/mol. The Kier molecular flexibility index (Phi) is 6.89. The smallest absolute Gasteiger partial charge is 0.273 e. The van der Waals surface area contributed by atoms with E-state index in [1.165, 1.54) is 6.39 Å². The second-order valence-corrected chi connectivity index (χ2v) is 6.55. The molecule has 0 spiro atoms. The molecule has 0 atom stereocenters. The molecule has 1 N–H and O–H groups in total. The minimum atomic E-state index is -0.258. The molecule has 0 aliphatic heterocycles. The van der Waals surface area contributed by atoms with E-state index >= 15 is 0 Å². The van der Waals surface area contributed by atoms with Crippen LogP contribution in [0.1, 0.15) is 35.5 Å². The first-order valence-corrected chi connectivity index (χ1v) is 9.79. The molecule has 0 radical (unpaired) electrons. The van der Waals surface area contributed by atoms with E-state index in [0.717, 1.165) is 28.2 Å². The molecule has 3 rings (SSSR count). The lowest BCUT2D eigenvalue weighted by Crippen LogP contribution is -2.26. The normalized spacial score (nSPS) is 10.6. The molecule has 6 nitrogen and oxygen atoms in total. The minimum absolute atomic E-state index is 0.258. The summed E-state index contributed by atoms with van der Waals surface area (Å²) in [5, 5.41) is 2.92. The van der Waals surface area contributed by atoms with E-state index in [2.05, 4.69) is 10.3 Å². The lowest BCUT2D eigenvalue weighted by molar-refractivity contribution is 0.0950. The molecule has 0 bridgehead atoms. The average molecular weight is 394 g/mol. The van der Waals surface area contributed by atoms with Crippen molar-refractivity contribution in [1.29, 1.82) is 0 Å². The topological polar surface area (TPSA) is 73.6 Å². The standard InChI is InChI=1S/C23H26N2O4/c1-4-27-19-10-9-17(14-20(19)28-5-2)11-12-24-23(26)21-22(29-15-25-21)18-8-6-7-16(3)13-18/h6-10,13-15H,4-5,11-12H2,1-3H3,(H,24,26). The molecule has 6 heteroatoms. The molecule has 0 aliphatic rings. The van der Waals surface area contributed by atoms with E-state index in [9.17, 15) is 4.79 Å². The van der Waals surface area contributed by atoms with Gasteiger partial charge >= 0.3 is 0 Å². The second-order valence-electron chi connectivity index (χ2n) is 6.55. The number of nitrogens with one attached hydrogen (secondary N) is 1. The molecule has 0 saturated carbocycles. The van der Waals surface area contributed by atoms with Crippen LogP contribution in [0.5, 0.6) is 11.5 Å². The number of hydrogen-bond donors (Lipinski definition) is 1. The van der Waals surface area contributed by atoms with Crippen LogP contribution in [0.15, 0.2) is 53.3 Å². The van der Waals surface area contributed by atoms with Crippen LogP contribution in [-0.4, -0.2) is 30.6 Å². The van der Waals surface area contributed by atoms with E-state index in [0.29, 0.717) is 31.9 Å². The number of aryl methyl sites for hydroxylation is 1. The van der Waals surface area contributed by atoms with Gasteiger partial charge in [-0.25, -0.2) is 4.98 Å².